The Labute approximate surface area is 382 Å². The summed E-state index contributed by atoms with van der Waals surface area (Å²) in [5, 5.41) is 0. The van der Waals surface area contributed by atoms with Crippen molar-refractivity contribution in [1.82, 2.24) is 14.9 Å². The minimum absolute atomic E-state index is 0. The van der Waals surface area contributed by atoms with Crippen LogP contribution in [0.2, 0.25) is 0 Å². The molecule has 0 atom stereocenters. The van der Waals surface area contributed by atoms with Gasteiger partial charge in [-0.3, -0.25) is 22.5 Å². The van der Waals surface area contributed by atoms with E-state index in [-0.39, 0.29) is 37.3 Å². The number of hydrogen-bond donors (Lipinski definition) is 0. The van der Waals surface area contributed by atoms with Gasteiger partial charge in [0.25, 0.3) is 0 Å². The summed E-state index contributed by atoms with van der Waals surface area (Å²) in [6.07, 6.45) is 3.92. The molecule has 5 aromatic carbocycles. The first-order valence-electron chi connectivity index (χ1n) is 20.8. The second kappa shape index (κ2) is 20.5. The van der Waals surface area contributed by atoms with Gasteiger partial charge in [-0.2, -0.15) is 0 Å². The zero-order valence-corrected chi connectivity index (χ0v) is 38.7. The average molecular weight is 1020 g/mol. The molecule has 63 heavy (non-hydrogen) atoms. The Morgan fingerprint density at radius 3 is 1.63 bits per heavy atom. The van der Waals surface area contributed by atoms with Gasteiger partial charge in [0.1, 0.15) is 0 Å². The summed E-state index contributed by atoms with van der Waals surface area (Å²) in [6, 6.07) is 41.6. The Hall–Kier alpha value is -5.89. The summed E-state index contributed by atoms with van der Waals surface area (Å²) in [5.74, 6) is -0.367. The molecule has 0 aliphatic carbocycles. The number of rotatable bonds is 10. The van der Waals surface area contributed by atoms with Crippen molar-refractivity contribution in [3.8, 4) is 56.0 Å². The van der Waals surface area contributed by atoms with Crippen LogP contribution in [0.15, 0.2) is 128 Å². The van der Waals surface area contributed by atoms with Crippen LogP contribution in [-0.2, 0) is 20.1 Å². The number of aromatic nitrogens is 2. The second-order valence-electron chi connectivity index (χ2n) is 16.2. The van der Waals surface area contributed by atoms with E-state index in [4.69, 9.17) is 4.98 Å². The summed E-state index contributed by atoms with van der Waals surface area (Å²) in [4.78, 5) is 13.4. The molecule has 7 aromatic rings. The van der Waals surface area contributed by atoms with Gasteiger partial charge >= 0.3 is 0 Å². The number of hydrogen-bond acceptors (Lipinski definition) is 4. The van der Waals surface area contributed by atoms with Gasteiger partial charge in [-0.05, 0) is 98.8 Å². The van der Waals surface area contributed by atoms with Gasteiger partial charge < -0.3 is 14.8 Å². The fraction of sp³-hybridized carbons (Fsp3) is 0.204. The van der Waals surface area contributed by atoms with Crippen LogP contribution in [0.1, 0.15) is 82.9 Å². The molecule has 8 rings (SSSR count). The average Bonchev–Trinajstić information content (AvgIpc) is 3.76. The third-order valence-corrected chi connectivity index (χ3v) is 10.7. The molecule has 1 aliphatic heterocycles. The van der Waals surface area contributed by atoms with Crippen molar-refractivity contribution >= 4 is 5.82 Å². The van der Waals surface area contributed by atoms with Crippen LogP contribution in [0, 0.1) is 48.1 Å². The molecule has 1 aliphatic rings. The van der Waals surface area contributed by atoms with E-state index in [1.54, 1.807) is 12.1 Å². The van der Waals surface area contributed by atoms with Crippen molar-refractivity contribution in [2.24, 2.45) is 0 Å². The topological polar surface area (TPSA) is 32.3 Å². The van der Waals surface area contributed by atoms with Gasteiger partial charge in [-0.1, -0.05) is 121 Å². The predicted molar refractivity (Wildman–Crippen MR) is 243 cm³/mol. The van der Waals surface area contributed by atoms with Gasteiger partial charge in [0, 0.05) is 43.4 Å². The van der Waals surface area contributed by atoms with Crippen LogP contribution < -0.4 is 4.90 Å². The maximum Gasteiger partial charge on any atom is 0.0949 e. The second-order valence-corrected chi connectivity index (χ2v) is 16.2. The predicted octanol–water partition coefficient (Wildman–Crippen LogP) is 14.6. The molecule has 4 nitrogen and oxygen atoms in total. The standard InChI is InChI=1S/C31H35F2N3.C23H13F2N.Ir/c1-8-35-11-12-36(18-35)30-16-23(15-29(34-30)25-10-9-24(32)17-28(25)33)31-26(20(4)5)13-22(19(2)3)14-27(31)21(6)7;24-20-10-6-17(7-11-20)22-14-19(16-4-2-1-3-5-16)15-23(26-22)18-8-12-21(25)13-9-18;/h9,11-21H,8H2,1-7H3;1-6,8,10-15H;/q2*-2;. The zero-order valence-electron chi connectivity index (χ0n) is 36.3. The van der Waals surface area contributed by atoms with E-state index in [1.807, 2.05) is 72.5 Å². The van der Waals surface area contributed by atoms with Crippen LogP contribution >= 0.6 is 0 Å². The molecule has 0 unspecified atom stereocenters. The van der Waals surface area contributed by atoms with Crippen LogP contribution in [0.25, 0.3) is 56.0 Å². The molecule has 1 radical (unpaired) electrons. The molecule has 3 heterocycles. The Kier molecular flexibility index (Phi) is 15.2. The molecule has 0 bridgehead atoms. The van der Waals surface area contributed by atoms with Crippen molar-refractivity contribution in [2.75, 3.05) is 11.4 Å². The molecule has 0 spiro atoms. The SMILES string of the molecule is CCN1C=CN(c2cc(-c3c(C(C)C)cc(C(C)C)cc3C(C)C)cc(-c3[c-]cc(F)cc3F)n2)[CH-]1.Fc1c[c-]c(-c2cc(-c3ccccc3)cc(-c3[c-]cc(F)cc3)n2)cc1.[Ir]. The minimum atomic E-state index is -0.676. The Bertz CT molecular complexity index is 2590. The molecular formula is C54H48F4IrN4-4. The first-order chi connectivity index (χ1) is 29.8. The molecule has 325 valence electrons. The molecule has 0 amide bonds. The van der Waals surface area contributed by atoms with Crippen LogP contribution in [0.5, 0.6) is 0 Å². The molecule has 0 fully saturated rings. The van der Waals surface area contributed by atoms with Crippen LogP contribution in [-0.4, -0.2) is 21.4 Å². The van der Waals surface area contributed by atoms with E-state index in [1.165, 1.54) is 41.0 Å². The monoisotopic (exact) mass is 1020 g/mol. The van der Waals surface area contributed by atoms with Gasteiger partial charge in [-0.15, -0.1) is 78.5 Å². The third-order valence-electron chi connectivity index (χ3n) is 10.7. The first-order valence-corrected chi connectivity index (χ1v) is 20.8. The summed E-state index contributed by atoms with van der Waals surface area (Å²) >= 11 is 0. The number of halogens is 4. The maximum atomic E-state index is 14.9. The number of anilines is 1. The van der Waals surface area contributed by atoms with Gasteiger partial charge in [0.05, 0.1) is 5.82 Å². The summed E-state index contributed by atoms with van der Waals surface area (Å²) in [6.45, 7) is 18.1. The van der Waals surface area contributed by atoms with E-state index in [0.717, 1.165) is 40.9 Å². The van der Waals surface area contributed by atoms with Crippen molar-refractivity contribution < 1.29 is 37.7 Å². The fourth-order valence-corrected chi connectivity index (χ4v) is 7.30. The van der Waals surface area contributed by atoms with Crippen molar-refractivity contribution in [3.63, 3.8) is 0 Å². The van der Waals surface area contributed by atoms with E-state index in [2.05, 4.69) is 94.7 Å². The maximum absolute atomic E-state index is 14.9. The smallest absolute Gasteiger partial charge is 0.0949 e. The Morgan fingerprint density at radius 2 is 1.14 bits per heavy atom. The molecule has 0 saturated heterocycles. The van der Waals surface area contributed by atoms with Gasteiger partial charge in [-0.25, -0.2) is 0 Å². The molecule has 0 N–H and O–H groups in total. The molecule has 2 aromatic heterocycles. The quantitative estimate of drug-likeness (QED) is 0.101. The van der Waals surface area contributed by atoms with Crippen LogP contribution in [0.3, 0.4) is 0 Å². The van der Waals surface area contributed by atoms with Crippen molar-refractivity contribution in [2.45, 2.75) is 66.2 Å². The molecule has 9 heteroatoms. The summed E-state index contributed by atoms with van der Waals surface area (Å²) in [5.41, 5.74) is 11.2. The number of benzene rings is 5. The normalized spacial score (nSPS) is 12.2. The fourth-order valence-electron chi connectivity index (χ4n) is 7.30. The van der Waals surface area contributed by atoms with Crippen molar-refractivity contribution in [3.05, 3.63) is 192 Å². The summed E-state index contributed by atoms with van der Waals surface area (Å²) < 4.78 is 55.1. The Morgan fingerprint density at radius 1 is 0.571 bits per heavy atom. The van der Waals surface area contributed by atoms with Gasteiger partial charge in [0.15, 0.2) is 0 Å². The van der Waals surface area contributed by atoms with Crippen molar-refractivity contribution in [1.29, 1.82) is 0 Å². The third kappa shape index (κ3) is 11.0. The number of nitrogens with zero attached hydrogens (tertiary/aromatic N) is 4. The van der Waals surface area contributed by atoms with Crippen LogP contribution in [0.4, 0.5) is 23.4 Å². The van der Waals surface area contributed by atoms with Gasteiger partial charge in [0.2, 0.25) is 0 Å². The summed E-state index contributed by atoms with van der Waals surface area (Å²) in [7, 11) is 0. The number of pyridine rings is 2. The first kappa shape index (κ1) is 46.6. The van der Waals surface area contributed by atoms with E-state index in [0.29, 0.717) is 51.8 Å². The van der Waals surface area contributed by atoms with E-state index in [9.17, 15) is 17.6 Å². The largest absolute Gasteiger partial charge is 0.508 e. The zero-order chi connectivity index (χ0) is 44.1. The van der Waals surface area contributed by atoms with E-state index < -0.39 is 11.6 Å². The Balaban J connectivity index is 0.000000216. The molecular weight excluding hydrogens is 973 g/mol. The van der Waals surface area contributed by atoms with E-state index >= 15 is 0 Å². The molecule has 0 saturated carbocycles. The minimum Gasteiger partial charge on any atom is -0.508 e.